The molecule has 0 saturated heterocycles. The number of hydrogen-bond donors (Lipinski definition) is 4. The van der Waals surface area contributed by atoms with E-state index in [1.807, 2.05) is 0 Å². The number of anilines is 1. The number of benzene rings is 1. The molecule has 4 N–H and O–H groups in total. The van der Waals surface area contributed by atoms with Gasteiger partial charge in [0.2, 0.25) is 0 Å². The molecule has 0 aliphatic rings. The van der Waals surface area contributed by atoms with Crippen LogP contribution in [0.5, 0.6) is 5.75 Å². The van der Waals surface area contributed by atoms with Crippen LogP contribution >= 0.6 is 12.6 Å². The maximum absolute atomic E-state index is 12.2. The van der Waals surface area contributed by atoms with Crippen LogP contribution < -0.4 is 10.5 Å². The van der Waals surface area contributed by atoms with E-state index in [4.69, 9.17) is 5.73 Å². The van der Waals surface area contributed by atoms with Crippen LogP contribution in [0.3, 0.4) is 0 Å². The number of hydrogen-bond acceptors (Lipinski definition) is 5. The zero-order valence-corrected chi connectivity index (χ0v) is 9.95. The van der Waals surface area contributed by atoms with E-state index in [2.05, 4.69) is 17.4 Å². The fourth-order valence-corrected chi connectivity index (χ4v) is 1.52. The summed E-state index contributed by atoms with van der Waals surface area (Å²) in [6.07, 6.45) is -7.79. The number of nitrogens with two attached hydrogens (primary N) is 1. The van der Waals surface area contributed by atoms with Gasteiger partial charge in [0, 0.05) is 17.0 Å². The van der Waals surface area contributed by atoms with Crippen LogP contribution in [-0.2, 0) is 0 Å². The van der Waals surface area contributed by atoms with Gasteiger partial charge < -0.3 is 20.7 Å². The zero-order chi connectivity index (χ0) is 13.9. The molecule has 0 aromatic heterocycles. The summed E-state index contributed by atoms with van der Waals surface area (Å²) in [5.41, 5.74) is 5.32. The molecule has 0 aliphatic carbocycles. The Kier molecular flexibility index (Phi) is 4.71. The third-order valence-corrected chi connectivity index (χ3v) is 2.50. The Morgan fingerprint density at radius 3 is 2.44 bits per heavy atom. The molecule has 2 unspecified atom stereocenters. The van der Waals surface area contributed by atoms with Gasteiger partial charge in [-0.05, 0) is 18.2 Å². The number of aliphatic hydroxyl groups excluding tert-OH is 2. The molecule has 1 aromatic rings. The lowest BCUT2D eigenvalue weighted by molar-refractivity contribution is -0.275. The summed E-state index contributed by atoms with van der Waals surface area (Å²) in [4.78, 5) is 0. The van der Waals surface area contributed by atoms with Gasteiger partial charge in [-0.3, -0.25) is 0 Å². The average Bonchev–Trinajstić information content (AvgIpc) is 2.27. The van der Waals surface area contributed by atoms with E-state index in [1.54, 1.807) is 0 Å². The van der Waals surface area contributed by atoms with Crippen LogP contribution in [0.15, 0.2) is 18.2 Å². The largest absolute Gasteiger partial charge is 0.573 e. The lowest BCUT2D eigenvalue weighted by Crippen LogP contribution is -2.23. The molecular formula is C10H12F3NO3S. The molecular weight excluding hydrogens is 271 g/mol. The highest BCUT2D eigenvalue weighted by molar-refractivity contribution is 7.80. The Morgan fingerprint density at radius 1 is 1.33 bits per heavy atom. The summed E-state index contributed by atoms with van der Waals surface area (Å²) in [5.74, 6) is -0.730. The van der Waals surface area contributed by atoms with Gasteiger partial charge in [-0.25, -0.2) is 0 Å². The Balaban J connectivity index is 3.11. The molecule has 0 radical (unpaired) electrons. The Labute approximate surface area is 107 Å². The van der Waals surface area contributed by atoms with Gasteiger partial charge >= 0.3 is 6.36 Å². The number of halogens is 3. The molecule has 8 heteroatoms. The highest BCUT2D eigenvalue weighted by Crippen LogP contribution is 2.33. The number of aliphatic hydroxyl groups is 2. The van der Waals surface area contributed by atoms with Crippen molar-refractivity contribution >= 4 is 18.3 Å². The number of thiol groups is 1. The van der Waals surface area contributed by atoms with Crippen LogP contribution in [0.4, 0.5) is 18.9 Å². The topological polar surface area (TPSA) is 75.7 Å². The fourth-order valence-electron chi connectivity index (χ4n) is 1.32. The van der Waals surface area contributed by atoms with Crippen LogP contribution in [0.2, 0.25) is 0 Å². The van der Waals surface area contributed by atoms with Crippen molar-refractivity contribution in [2.45, 2.75) is 18.6 Å². The van der Waals surface area contributed by atoms with E-state index in [0.29, 0.717) is 0 Å². The number of ether oxygens (including phenoxy) is 1. The quantitative estimate of drug-likeness (QED) is 0.499. The molecule has 0 heterocycles. The molecule has 0 bridgehead atoms. The van der Waals surface area contributed by atoms with Gasteiger partial charge in [0.15, 0.2) is 0 Å². The average molecular weight is 283 g/mol. The minimum atomic E-state index is -4.89. The standard InChI is InChI=1S/C10H12F3NO3S/c11-10(12,13)17-8-2-1-5(14)3-6(8)9(16)7(15)4-18/h1-3,7,9,15-16,18H,4,14H2. The third kappa shape index (κ3) is 3.97. The van der Waals surface area contributed by atoms with E-state index in [0.717, 1.165) is 12.1 Å². The maximum atomic E-state index is 12.2. The lowest BCUT2D eigenvalue weighted by Gasteiger charge is -2.20. The summed E-state index contributed by atoms with van der Waals surface area (Å²) in [7, 11) is 0. The number of rotatable bonds is 4. The van der Waals surface area contributed by atoms with E-state index < -0.39 is 24.3 Å². The van der Waals surface area contributed by atoms with E-state index in [9.17, 15) is 23.4 Å². The molecule has 0 amide bonds. The fraction of sp³-hybridized carbons (Fsp3) is 0.400. The van der Waals surface area contributed by atoms with E-state index in [-0.39, 0.29) is 17.0 Å². The SMILES string of the molecule is Nc1ccc(OC(F)(F)F)c(C(O)C(O)CS)c1. The molecule has 102 valence electrons. The van der Waals surface area contributed by atoms with Crippen molar-refractivity contribution in [1.82, 2.24) is 0 Å². The van der Waals surface area contributed by atoms with Crippen molar-refractivity contribution in [1.29, 1.82) is 0 Å². The van der Waals surface area contributed by atoms with Crippen molar-refractivity contribution in [3.8, 4) is 5.75 Å². The summed E-state index contributed by atoms with van der Waals surface area (Å²) in [6.45, 7) is 0. The molecule has 0 saturated carbocycles. The monoisotopic (exact) mass is 283 g/mol. The molecule has 18 heavy (non-hydrogen) atoms. The predicted octanol–water partition coefficient (Wildman–Crippen LogP) is 1.49. The van der Waals surface area contributed by atoms with Crippen LogP contribution in [-0.4, -0.2) is 28.4 Å². The zero-order valence-electron chi connectivity index (χ0n) is 9.05. The highest BCUT2D eigenvalue weighted by atomic mass is 32.1. The van der Waals surface area contributed by atoms with Crippen molar-refractivity contribution in [3.63, 3.8) is 0 Å². The van der Waals surface area contributed by atoms with Crippen LogP contribution in [0, 0.1) is 0 Å². The lowest BCUT2D eigenvalue weighted by atomic mass is 10.0. The molecule has 4 nitrogen and oxygen atoms in total. The summed E-state index contributed by atoms with van der Waals surface area (Å²) in [6, 6.07) is 3.29. The van der Waals surface area contributed by atoms with Gasteiger partial charge in [0.1, 0.15) is 11.9 Å². The minimum Gasteiger partial charge on any atom is -0.405 e. The Bertz CT molecular complexity index is 414. The second-order valence-corrected chi connectivity index (χ2v) is 3.90. The van der Waals surface area contributed by atoms with Gasteiger partial charge in [-0.15, -0.1) is 13.2 Å². The highest BCUT2D eigenvalue weighted by Gasteiger charge is 2.33. The molecule has 1 rings (SSSR count). The molecule has 0 spiro atoms. The van der Waals surface area contributed by atoms with Crippen molar-refractivity contribution in [3.05, 3.63) is 23.8 Å². The smallest absolute Gasteiger partial charge is 0.405 e. The molecule has 0 aliphatic heterocycles. The second-order valence-electron chi connectivity index (χ2n) is 3.54. The van der Waals surface area contributed by atoms with Crippen LogP contribution in [0.1, 0.15) is 11.7 Å². The third-order valence-electron chi connectivity index (χ3n) is 2.13. The molecule has 0 fully saturated rings. The number of alkyl halides is 3. The van der Waals surface area contributed by atoms with E-state index in [1.165, 1.54) is 6.07 Å². The van der Waals surface area contributed by atoms with Gasteiger partial charge in [-0.2, -0.15) is 12.6 Å². The second kappa shape index (κ2) is 5.68. The molecule has 1 aromatic carbocycles. The first-order chi connectivity index (χ1) is 8.24. The van der Waals surface area contributed by atoms with Crippen LogP contribution in [0.25, 0.3) is 0 Å². The normalized spacial score (nSPS) is 15.2. The Hall–Kier alpha value is -1.12. The van der Waals surface area contributed by atoms with Gasteiger partial charge in [0.25, 0.3) is 0 Å². The summed E-state index contributed by atoms with van der Waals surface area (Å²) in [5, 5.41) is 19.1. The van der Waals surface area contributed by atoms with Gasteiger partial charge in [0.05, 0.1) is 6.10 Å². The van der Waals surface area contributed by atoms with Crippen molar-refractivity contribution < 1.29 is 28.1 Å². The first-order valence-electron chi connectivity index (χ1n) is 4.86. The minimum absolute atomic E-state index is 0.124. The van der Waals surface area contributed by atoms with Crippen molar-refractivity contribution in [2.24, 2.45) is 0 Å². The number of nitrogen functional groups attached to an aromatic ring is 1. The maximum Gasteiger partial charge on any atom is 0.573 e. The molecule has 2 atom stereocenters. The predicted molar refractivity (Wildman–Crippen MR) is 62.4 cm³/mol. The van der Waals surface area contributed by atoms with E-state index >= 15 is 0 Å². The summed E-state index contributed by atoms with van der Waals surface area (Å²) >= 11 is 3.75. The summed E-state index contributed by atoms with van der Waals surface area (Å²) < 4.78 is 40.2. The van der Waals surface area contributed by atoms with Crippen molar-refractivity contribution in [2.75, 3.05) is 11.5 Å². The first-order valence-corrected chi connectivity index (χ1v) is 5.50. The Morgan fingerprint density at radius 2 is 1.94 bits per heavy atom. The van der Waals surface area contributed by atoms with Gasteiger partial charge in [-0.1, -0.05) is 0 Å². The first kappa shape index (κ1) is 14.9.